The molecule has 0 spiro atoms. The van der Waals surface area contributed by atoms with Crippen molar-refractivity contribution in [3.8, 4) is 0 Å². The lowest BCUT2D eigenvalue weighted by Gasteiger charge is -2.04. The van der Waals surface area contributed by atoms with Gasteiger partial charge in [-0.1, -0.05) is 30.3 Å². The van der Waals surface area contributed by atoms with Crippen LogP contribution in [-0.4, -0.2) is 5.11 Å². The highest BCUT2D eigenvalue weighted by Crippen LogP contribution is 2.13. The second-order valence-corrected chi connectivity index (χ2v) is 4.08. The summed E-state index contributed by atoms with van der Waals surface area (Å²) in [6, 6.07) is 11.5. The van der Waals surface area contributed by atoms with Crippen LogP contribution in [0.15, 0.2) is 48.8 Å². The molecule has 1 heterocycles. The minimum atomic E-state index is -0.777. The Labute approximate surface area is 100.0 Å². The molecule has 2 rings (SSSR count). The number of halogens is 1. The molecule has 0 saturated carbocycles. The average molecular weight is 232 g/mol. The Hall–Kier alpha value is -1.74. The van der Waals surface area contributed by atoms with Gasteiger partial charge in [-0.3, -0.25) is 0 Å². The monoisotopic (exact) mass is 232 g/mol. The van der Waals surface area contributed by atoms with Crippen LogP contribution in [0.3, 0.4) is 0 Å². The van der Waals surface area contributed by atoms with E-state index in [-0.39, 0.29) is 5.82 Å². The van der Waals surface area contributed by atoms with Gasteiger partial charge in [0.2, 0.25) is 6.20 Å². The summed E-state index contributed by atoms with van der Waals surface area (Å²) in [4.78, 5) is 0. The number of benzene rings is 1. The zero-order chi connectivity index (χ0) is 12.3. The maximum Gasteiger partial charge on any atom is 0.205 e. The largest absolute Gasteiger partial charge is 0.389 e. The average Bonchev–Trinajstić information content (AvgIpc) is 2.30. The van der Waals surface area contributed by atoms with Gasteiger partial charge in [-0.25, -0.2) is 0 Å². The third-order valence-corrected chi connectivity index (χ3v) is 2.66. The Morgan fingerprint density at radius 1 is 1.24 bits per heavy atom. The lowest BCUT2D eigenvalue weighted by molar-refractivity contribution is -0.689. The van der Waals surface area contributed by atoms with Crippen molar-refractivity contribution >= 4 is 0 Å². The van der Waals surface area contributed by atoms with Crippen molar-refractivity contribution in [1.82, 2.24) is 0 Å². The van der Waals surface area contributed by atoms with Crippen LogP contribution in [0.1, 0.15) is 24.2 Å². The second kappa shape index (κ2) is 5.06. The predicted octanol–water partition coefficient (Wildman–Crippen LogP) is 2.21. The molecule has 88 valence electrons. The molecule has 0 amide bonds. The Morgan fingerprint density at radius 2 is 1.94 bits per heavy atom. The molecular formula is C14H15FNO+. The molecule has 0 radical (unpaired) electrons. The summed E-state index contributed by atoms with van der Waals surface area (Å²) in [6.45, 7) is 2.18. The van der Waals surface area contributed by atoms with E-state index in [1.54, 1.807) is 23.8 Å². The quantitative estimate of drug-likeness (QED) is 0.806. The fraction of sp³-hybridized carbons (Fsp3) is 0.214. The molecule has 1 atom stereocenters. The van der Waals surface area contributed by atoms with E-state index in [4.69, 9.17) is 0 Å². The summed E-state index contributed by atoms with van der Waals surface area (Å²) >= 11 is 0. The summed E-state index contributed by atoms with van der Waals surface area (Å²) in [5.74, 6) is -0.376. The molecule has 0 bridgehead atoms. The van der Waals surface area contributed by atoms with E-state index in [0.717, 1.165) is 5.56 Å². The van der Waals surface area contributed by atoms with Crippen LogP contribution >= 0.6 is 0 Å². The van der Waals surface area contributed by atoms with E-state index in [1.807, 2.05) is 30.3 Å². The topological polar surface area (TPSA) is 24.1 Å². The van der Waals surface area contributed by atoms with Crippen molar-refractivity contribution in [2.75, 3.05) is 0 Å². The number of hydrogen-bond donors (Lipinski definition) is 1. The van der Waals surface area contributed by atoms with Crippen LogP contribution in [0, 0.1) is 5.82 Å². The molecule has 0 saturated heterocycles. The van der Waals surface area contributed by atoms with Gasteiger partial charge in [0.05, 0.1) is 6.10 Å². The van der Waals surface area contributed by atoms with E-state index in [9.17, 15) is 9.50 Å². The van der Waals surface area contributed by atoms with Crippen LogP contribution in [-0.2, 0) is 6.54 Å². The fourth-order valence-electron chi connectivity index (χ4n) is 1.75. The summed E-state index contributed by atoms with van der Waals surface area (Å²) in [5.41, 5.74) is 1.44. The molecule has 1 N–H and O–H groups in total. The summed E-state index contributed by atoms with van der Waals surface area (Å²) in [6.07, 6.45) is 2.41. The maximum absolute atomic E-state index is 13.6. The van der Waals surface area contributed by atoms with Gasteiger partial charge in [0, 0.05) is 17.2 Å². The van der Waals surface area contributed by atoms with Crippen LogP contribution in [0.5, 0.6) is 0 Å². The molecule has 0 fully saturated rings. The Bertz CT molecular complexity index is 497. The van der Waals surface area contributed by atoms with Crippen LogP contribution in [0.25, 0.3) is 0 Å². The summed E-state index contributed by atoms with van der Waals surface area (Å²) in [7, 11) is 0. The molecule has 2 nitrogen and oxygen atoms in total. The van der Waals surface area contributed by atoms with Gasteiger partial charge in [-0.2, -0.15) is 8.96 Å². The molecule has 17 heavy (non-hydrogen) atoms. The lowest BCUT2D eigenvalue weighted by atomic mass is 10.1. The second-order valence-electron chi connectivity index (χ2n) is 4.08. The first-order chi connectivity index (χ1) is 8.16. The first-order valence-corrected chi connectivity index (χ1v) is 5.57. The van der Waals surface area contributed by atoms with Gasteiger partial charge in [-0.15, -0.1) is 0 Å². The fourth-order valence-corrected chi connectivity index (χ4v) is 1.75. The Balaban J connectivity index is 2.21. The molecular weight excluding hydrogens is 217 g/mol. The van der Waals surface area contributed by atoms with E-state index < -0.39 is 6.10 Å². The smallest absolute Gasteiger partial charge is 0.205 e. The first-order valence-electron chi connectivity index (χ1n) is 5.57. The first kappa shape index (κ1) is 11.7. The lowest BCUT2D eigenvalue weighted by Crippen LogP contribution is -2.34. The third kappa shape index (κ3) is 2.88. The van der Waals surface area contributed by atoms with Gasteiger partial charge in [0.25, 0.3) is 0 Å². The van der Waals surface area contributed by atoms with Crippen molar-refractivity contribution in [2.24, 2.45) is 0 Å². The standard InChI is InChI=1S/C14H15FNO/c1-11(17)13-7-8-16(10-14(13)15)9-12-5-3-2-4-6-12/h2-8,10-11,17H,9H2,1H3/q+1/t11-/m1/s1. The third-order valence-electron chi connectivity index (χ3n) is 2.66. The zero-order valence-corrected chi connectivity index (χ0v) is 9.68. The highest BCUT2D eigenvalue weighted by atomic mass is 19.1. The van der Waals surface area contributed by atoms with E-state index in [1.165, 1.54) is 6.20 Å². The van der Waals surface area contributed by atoms with Crippen molar-refractivity contribution in [3.63, 3.8) is 0 Å². The van der Waals surface area contributed by atoms with Crippen molar-refractivity contribution in [3.05, 3.63) is 65.7 Å². The number of nitrogens with zero attached hydrogens (tertiary/aromatic N) is 1. The maximum atomic E-state index is 13.6. The number of rotatable bonds is 3. The van der Waals surface area contributed by atoms with Gasteiger partial charge >= 0.3 is 0 Å². The van der Waals surface area contributed by atoms with E-state index in [2.05, 4.69) is 0 Å². The number of aliphatic hydroxyl groups is 1. The molecule has 0 aliphatic carbocycles. The minimum Gasteiger partial charge on any atom is -0.389 e. The molecule has 1 aromatic carbocycles. The SMILES string of the molecule is C[C@@H](O)c1cc[n+](Cc2ccccc2)cc1F. The Morgan fingerprint density at radius 3 is 2.53 bits per heavy atom. The Kier molecular flexibility index (Phi) is 3.49. The highest BCUT2D eigenvalue weighted by Gasteiger charge is 2.13. The van der Waals surface area contributed by atoms with Gasteiger partial charge in [0.1, 0.15) is 0 Å². The molecule has 0 aliphatic rings. The predicted molar refractivity (Wildman–Crippen MR) is 62.8 cm³/mol. The van der Waals surface area contributed by atoms with E-state index in [0.29, 0.717) is 12.1 Å². The zero-order valence-electron chi connectivity index (χ0n) is 9.68. The van der Waals surface area contributed by atoms with Crippen molar-refractivity contribution in [2.45, 2.75) is 19.6 Å². The van der Waals surface area contributed by atoms with E-state index >= 15 is 0 Å². The van der Waals surface area contributed by atoms with Crippen LogP contribution in [0.2, 0.25) is 0 Å². The molecule has 3 heteroatoms. The summed E-state index contributed by atoms with van der Waals surface area (Å²) < 4.78 is 15.4. The van der Waals surface area contributed by atoms with Gasteiger partial charge in [-0.05, 0) is 6.92 Å². The highest BCUT2D eigenvalue weighted by molar-refractivity contribution is 5.14. The number of pyridine rings is 1. The normalized spacial score (nSPS) is 12.4. The van der Waals surface area contributed by atoms with Crippen LogP contribution in [0.4, 0.5) is 4.39 Å². The molecule has 2 aromatic rings. The van der Waals surface area contributed by atoms with Crippen molar-refractivity contribution in [1.29, 1.82) is 0 Å². The molecule has 0 aliphatic heterocycles. The van der Waals surface area contributed by atoms with Crippen molar-refractivity contribution < 1.29 is 14.1 Å². The summed E-state index contributed by atoms with van der Waals surface area (Å²) in [5, 5.41) is 9.34. The van der Waals surface area contributed by atoms with Gasteiger partial charge in [0.15, 0.2) is 18.6 Å². The number of aliphatic hydroxyl groups excluding tert-OH is 1. The number of hydrogen-bond acceptors (Lipinski definition) is 1. The molecule has 1 aromatic heterocycles. The minimum absolute atomic E-state index is 0.328. The van der Waals surface area contributed by atoms with Crippen LogP contribution < -0.4 is 4.57 Å². The van der Waals surface area contributed by atoms with Gasteiger partial charge < -0.3 is 5.11 Å². The molecule has 0 unspecified atom stereocenters. The number of aromatic nitrogens is 1.